The van der Waals surface area contributed by atoms with Crippen LogP contribution in [0.3, 0.4) is 0 Å². The number of nitrogens with one attached hydrogen (secondary N) is 2. The van der Waals surface area contributed by atoms with Crippen LogP contribution >= 0.6 is 0 Å². The van der Waals surface area contributed by atoms with Gasteiger partial charge in [-0.15, -0.1) is 0 Å². The molecular formula is C23H20FN3O3. The molecule has 0 aliphatic carbocycles. The highest BCUT2D eigenvalue weighted by atomic mass is 19.1. The van der Waals surface area contributed by atoms with Crippen molar-refractivity contribution in [2.75, 3.05) is 13.1 Å². The minimum absolute atomic E-state index is 0.214. The maximum absolute atomic E-state index is 14.2. The highest BCUT2D eigenvalue weighted by Gasteiger charge is 2.17. The van der Waals surface area contributed by atoms with E-state index in [0.717, 1.165) is 10.9 Å². The smallest absolute Gasteiger partial charge is 0.287 e. The first-order chi connectivity index (χ1) is 14.6. The number of halogens is 1. The van der Waals surface area contributed by atoms with E-state index >= 15 is 0 Å². The van der Waals surface area contributed by atoms with Crippen LogP contribution in [0.1, 0.15) is 26.6 Å². The van der Waals surface area contributed by atoms with Gasteiger partial charge in [-0.3, -0.25) is 9.59 Å². The van der Waals surface area contributed by atoms with Crippen molar-refractivity contribution in [2.24, 2.45) is 0 Å². The average molecular weight is 405 g/mol. The van der Waals surface area contributed by atoms with Gasteiger partial charge in [-0.1, -0.05) is 36.4 Å². The zero-order chi connectivity index (χ0) is 20.9. The summed E-state index contributed by atoms with van der Waals surface area (Å²) in [5, 5.41) is 6.37. The molecule has 0 saturated heterocycles. The standard InChI is InChI=1S/C23H20FN3O3/c24-18-8-3-1-7-17(18)15-27-19-9-4-2-6-16(19)14-20(27)22(28)25-11-12-26-23(29)21-10-5-13-30-21/h1-10,13-14H,11-12,15H2,(H,25,28)(H,26,29). The Kier molecular flexibility index (Phi) is 5.61. The number of benzene rings is 2. The van der Waals surface area contributed by atoms with E-state index in [2.05, 4.69) is 10.6 Å². The molecule has 0 bridgehead atoms. The Hall–Kier alpha value is -3.87. The van der Waals surface area contributed by atoms with Crippen molar-refractivity contribution in [1.82, 2.24) is 15.2 Å². The molecule has 0 aliphatic heterocycles. The third kappa shape index (κ3) is 4.10. The molecule has 0 unspecified atom stereocenters. The molecule has 2 aromatic heterocycles. The van der Waals surface area contributed by atoms with Crippen LogP contribution in [0, 0.1) is 5.82 Å². The third-order valence-electron chi connectivity index (χ3n) is 4.77. The average Bonchev–Trinajstić information content (AvgIpc) is 3.41. The quantitative estimate of drug-likeness (QED) is 0.462. The Morgan fingerprint density at radius 2 is 1.63 bits per heavy atom. The summed E-state index contributed by atoms with van der Waals surface area (Å²) in [5.41, 5.74) is 1.77. The molecule has 2 amide bonds. The van der Waals surface area contributed by atoms with E-state index in [1.807, 2.05) is 24.3 Å². The minimum Gasteiger partial charge on any atom is -0.459 e. The fourth-order valence-electron chi connectivity index (χ4n) is 3.30. The number of aromatic nitrogens is 1. The number of carbonyl (C=O) groups is 2. The molecule has 0 fully saturated rings. The van der Waals surface area contributed by atoms with Crippen LogP contribution in [0.4, 0.5) is 4.39 Å². The van der Waals surface area contributed by atoms with Crippen molar-refractivity contribution >= 4 is 22.7 Å². The van der Waals surface area contributed by atoms with Gasteiger partial charge in [0.2, 0.25) is 0 Å². The number of hydrogen-bond donors (Lipinski definition) is 2. The number of rotatable bonds is 7. The van der Waals surface area contributed by atoms with Crippen LogP contribution in [-0.2, 0) is 6.54 Å². The Bertz CT molecular complexity index is 1180. The highest BCUT2D eigenvalue weighted by molar-refractivity contribution is 5.99. The molecule has 4 rings (SSSR count). The Balaban J connectivity index is 1.48. The lowest BCUT2D eigenvalue weighted by atomic mass is 10.2. The predicted molar refractivity (Wildman–Crippen MR) is 111 cm³/mol. The second-order valence-electron chi connectivity index (χ2n) is 6.76. The molecule has 152 valence electrons. The largest absolute Gasteiger partial charge is 0.459 e. The van der Waals surface area contributed by atoms with Crippen LogP contribution in [-0.4, -0.2) is 29.5 Å². The second-order valence-corrected chi connectivity index (χ2v) is 6.76. The summed E-state index contributed by atoms with van der Waals surface area (Å²) in [6.07, 6.45) is 1.42. The molecule has 0 aliphatic rings. The van der Waals surface area contributed by atoms with Gasteiger partial charge in [-0.25, -0.2) is 4.39 Å². The number of fused-ring (bicyclic) bond motifs is 1. The van der Waals surface area contributed by atoms with E-state index < -0.39 is 0 Å². The molecule has 6 nitrogen and oxygen atoms in total. The summed E-state index contributed by atoms with van der Waals surface area (Å²) in [4.78, 5) is 24.7. The summed E-state index contributed by atoms with van der Waals surface area (Å²) in [6, 6.07) is 19.1. The van der Waals surface area contributed by atoms with Gasteiger partial charge in [0.15, 0.2) is 5.76 Å². The SMILES string of the molecule is O=C(NCCNC(=O)c1cc2ccccc2n1Cc1ccccc1F)c1ccco1. The van der Waals surface area contributed by atoms with Gasteiger partial charge in [0.25, 0.3) is 11.8 Å². The number of hydrogen-bond acceptors (Lipinski definition) is 3. The van der Waals surface area contributed by atoms with Gasteiger partial charge in [0.05, 0.1) is 12.8 Å². The van der Waals surface area contributed by atoms with Gasteiger partial charge >= 0.3 is 0 Å². The number of carbonyl (C=O) groups excluding carboxylic acids is 2. The Labute approximate surface area is 172 Å². The highest BCUT2D eigenvalue weighted by Crippen LogP contribution is 2.22. The maximum Gasteiger partial charge on any atom is 0.287 e. The van der Waals surface area contributed by atoms with Crippen LogP contribution in [0.5, 0.6) is 0 Å². The van der Waals surface area contributed by atoms with Crippen molar-refractivity contribution in [1.29, 1.82) is 0 Å². The molecule has 2 aromatic carbocycles. The van der Waals surface area contributed by atoms with Crippen molar-refractivity contribution in [2.45, 2.75) is 6.54 Å². The molecule has 30 heavy (non-hydrogen) atoms. The fourth-order valence-corrected chi connectivity index (χ4v) is 3.30. The summed E-state index contributed by atoms with van der Waals surface area (Å²) < 4.78 is 21.0. The third-order valence-corrected chi connectivity index (χ3v) is 4.77. The Morgan fingerprint density at radius 1 is 0.900 bits per heavy atom. The van der Waals surface area contributed by atoms with Gasteiger partial charge in [0, 0.05) is 29.6 Å². The van der Waals surface area contributed by atoms with E-state index in [4.69, 9.17) is 4.42 Å². The maximum atomic E-state index is 14.2. The number of nitrogens with zero attached hydrogens (tertiary/aromatic N) is 1. The first-order valence-corrected chi connectivity index (χ1v) is 9.55. The van der Waals surface area contributed by atoms with Gasteiger partial charge in [0.1, 0.15) is 11.5 Å². The van der Waals surface area contributed by atoms with Crippen molar-refractivity contribution in [3.05, 3.63) is 95.8 Å². The molecular weight excluding hydrogens is 385 g/mol. The summed E-state index contributed by atoms with van der Waals surface area (Å²) in [5.74, 6) is -0.744. The van der Waals surface area contributed by atoms with E-state index in [1.54, 1.807) is 41.0 Å². The normalized spacial score (nSPS) is 10.8. The zero-order valence-electron chi connectivity index (χ0n) is 16.1. The summed E-state index contributed by atoms with van der Waals surface area (Å²) in [6.45, 7) is 0.726. The number of furan rings is 1. The lowest BCUT2D eigenvalue weighted by Gasteiger charge is -2.12. The minimum atomic E-state index is -0.345. The van der Waals surface area contributed by atoms with Crippen molar-refractivity contribution in [3.63, 3.8) is 0 Å². The zero-order valence-corrected chi connectivity index (χ0v) is 16.1. The molecule has 0 radical (unpaired) electrons. The van der Waals surface area contributed by atoms with Gasteiger partial charge < -0.3 is 19.6 Å². The van der Waals surface area contributed by atoms with Crippen molar-refractivity contribution < 1.29 is 18.4 Å². The molecule has 4 aromatic rings. The molecule has 0 atom stereocenters. The summed E-state index contributed by atoms with van der Waals surface area (Å²) in [7, 11) is 0. The van der Waals surface area contributed by atoms with Crippen LogP contribution in [0.15, 0.2) is 77.4 Å². The molecule has 7 heteroatoms. The molecule has 0 saturated carbocycles. The monoisotopic (exact) mass is 405 g/mol. The van der Waals surface area contributed by atoms with Crippen molar-refractivity contribution in [3.8, 4) is 0 Å². The van der Waals surface area contributed by atoms with Crippen LogP contribution in [0.25, 0.3) is 10.9 Å². The van der Waals surface area contributed by atoms with Crippen LogP contribution < -0.4 is 10.6 Å². The van der Waals surface area contributed by atoms with E-state index in [1.165, 1.54) is 12.3 Å². The molecule has 2 N–H and O–H groups in total. The van der Waals surface area contributed by atoms with E-state index in [-0.39, 0.29) is 43.0 Å². The van der Waals surface area contributed by atoms with Gasteiger partial charge in [-0.05, 0) is 30.3 Å². The van der Waals surface area contributed by atoms with Gasteiger partial charge in [-0.2, -0.15) is 0 Å². The number of amides is 2. The summed E-state index contributed by atoms with van der Waals surface area (Å²) >= 11 is 0. The first-order valence-electron chi connectivity index (χ1n) is 9.55. The second kappa shape index (κ2) is 8.65. The first kappa shape index (κ1) is 19.4. The van der Waals surface area contributed by atoms with E-state index in [9.17, 15) is 14.0 Å². The molecule has 0 spiro atoms. The topological polar surface area (TPSA) is 76.3 Å². The Morgan fingerprint density at radius 3 is 2.40 bits per heavy atom. The lowest BCUT2D eigenvalue weighted by molar-refractivity contribution is 0.0908. The molecule has 2 heterocycles. The number of para-hydroxylation sites is 1. The predicted octanol–water partition coefficient (Wildman–Crippen LogP) is 3.58. The van der Waals surface area contributed by atoms with Crippen LogP contribution in [0.2, 0.25) is 0 Å². The fraction of sp³-hybridized carbons (Fsp3) is 0.130. The van der Waals surface area contributed by atoms with E-state index in [0.29, 0.717) is 11.3 Å². The lowest BCUT2D eigenvalue weighted by Crippen LogP contribution is -2.35.